The molecule has 2 aromatic carbocycles. The standard InChI is InChI=1S/C30H43N3O10S3/c1-20-14-31(15-21(2)40-20)44(34,35)27-9-7-26(8-10-27)43-29-12-11-28(45(36,37)32-16-22(3)41-23(4)17-32)13-30(29)46(38,39)33-18-24(5)42-25(6)19-33/h7-13,20-25H,14-19H2,1-6H3/t20-,21-,22-,23+,24+,25+/m1/s1. The first-order valence-electron chi connectivity index (χ1n) is 15.4. The third kappa shape index (κ3) is 7.45. The quantitative estimate of drug-likeness (QED) is 0.402. The van der Waals surface area contributed by atoms with Crippen LogP contribution in [0.15, 0.2) is 57.2 Å². The molecule has 46 heavy (non-hydrogen) atoms. The van der Waals surface area contributed by atoms with E-state index in [9.17, 15) is 25.3 Å². The fraction of sp³-hybridized carbons (Fsp3) is 0.600. The van der Waals surface area contributed by atoms with Crippen molar-refractivity contribution in [3.63, 3.8) is 0 Å². The van der Waals surface area contributed by atoms with Gasteiger partial charge in [0, 0.05) is 39.3 Å². The largest absolute Gasteiger partial charge is 0.456 e. The third-order valence-electron chi connectivity index (χ3n) is 8.02. The van der Waals surface area contributed by atoms with E-state index in [1.165, 1.54) is 49.3 Å². The second-order valence-corrected chi connectivity index (χ2v) is 18.2. The van der Waals surface area contributed by atoms with Gasteiger partial charge in [-0.15, -0.1) is 0 Å². The highest BCUT2D eigenvalue weighted by Crippen LogP contribution is 2.36. The van der Waals surface area contributed by atoms with E-state index in [0.29, 0.717) is 0 Å². The van der Waals surface area contributed by atoms with Gasteiger partial charge in [0.25, 0.3) is 0 Å². The second kappa shape index (κ2) is 13.4. The Kier molecular flexibility index (Phi) is 10.2. The first-order valence-corrected chi connectivity index (χ1v) is 19.7. The van der Waals surface area contributed by atoms with E-state index >= 15 is 0 Å². The maximum atomic E-state index is 14.1. The summed E-state index contributed by atoms with van der Waals surface area (Å²) in [5.74, 6) is 0.0789. The van der Waals surface area contributed by atoms with Crippen molar-refractivity contribution < 1.29 is 44.2 Å². The number of nitrogens with zero attached hydrogens (tertiary/aromatic N) is 3. The number of hydrogen-bond donors (Lipinski definition) is 0. The maximum absolute atomic E-state index is 14.1. The van der Waals surface area contributed by atoms with Gasteiger partial charge in [-0.25, -0.2) is 25.3 Å². The van der Waals surface area contributed by atoms with Gasteiger partial charge in [0.15, 0.2) is 0 Å². The highest BCUT2D eigenvalue weighted by atomic mass is 32.2. The fourth-order valence-corrected chi connectivity index (χ4v) is 11.2. The van der Waals surface area contributed by atoms with E-state index in [-0.39, 0.29) is 102 Å². The second-order valence-electron chi connectivity index (χ2n) is 12.4. The number of benzene rings is 2. The van der Waals surface area contributed by atoms with Crippen molar-refractivity contribution in [3.05, 3.63) is 42.5 Å². The van der Waals surface area contributed by atoms with Crippen LogP contribution in [-0.4, -0.2) is 114 Å². The van der Waals surface area contributed by atoms with Crippen LogP contribution in [0.4, 0.5) is 0 Å². The Morgan fingerprint density at radius 3 is 1.28 bits per heavy atom. The lowest BCUT2D eigenvalue weighted by atomic mass is 10.3. The minimum atomic E-state index is -4.26. The van der Waals surface area contributed by atoms with Gasteiger partial charge in [-0.05, 0) is 84.0 Å². The third-order valence-corrected chi connectivity index (χ3v) is 13.5. The summed E-state index contributed by atoms with van der Waals surface area (Å²) in [5, 5.41) is 0. The van der Waals surface area contributed by atoms with Crippen molar-refractivity contribution >= 4 is 30.1 Å². The fourth-order valence-electron chi connectivity index (χ4n) is 6.16. The molecule has 3 aliphatic heterocycles. The van der Waals surface area contributed by atoms with E-state index in [4.69, 9.17) is 18.9 Å². The molecule has 13 nitrogen and oxygen atoms in total. The molecule has 0 radical (unpaired) electrons. The maximum Gasteiger partial charge on any atom is 0.247 e. The van der Waals surface area contributed by atoms with E-state index in [2.05, 4.69) is 0 Å². The summed E-state index contributed by atoms with van der Waals surface area (Å²) < 4.78 is 109. The van der Waals surface area contributed by atoms with Gasteiger partial charge in [0.05, 0.1) is 46.4 Å². The van der Waals surface area contributed by atoms with Crippen LogP contribution in [0.2, 0.25) is 0 Å². The van der Waals surface area contributed by atoms with Crippen molar-refractivity contribution in [1.29, 1.82) is 0 Å². The number of morpholine rings is 3. The molecule has 3 heterocycles. The van der Waals surface area contributed by atoms with E-state index in [0.717, 1.165) is 6.07 Å². The molecule has 256 valence electrons. The molecule has 0 unspecified atom stereocenters. The molecule has 0 saturated carbocycles. The van der Waals surface area contributed by atoms with E-state index in [1.807, 2.05) is 13.8 Å². The summed E-state index contributed by atoms with van der Waals surface area (Å²) in [6.07, 6.45) is -1.91. The lowest BCUT2D eigenvalue weighted by Gasteiger charge is -2.35. The summed E-state index contributed by atoms with van der Waals surface area (Å²) >= 11 is 0. The Morgan fingerprint density at radius 2 is 0.870 bits per heavy atom. The molecule has 0 spiro atoms. The van der Waals surface area contributed by atoms with Crippen LogP contribution in [0.5, 0.6) is 11.5 Å². The molecule has 0 amide bonds. The summed E-state index contributed by atoms with van der Waals surface area (Å²) in [6.45, 7) is 11.6. The zero-order chi connectivity index (χ0) is 33.6. The molecule has 2 aromatic rings. The van der Waals surface area contributed by atoms with Gasteiger partial charge >= 0.3 is 0 Å². The Balaban J connectivity index is 1.49. The SMILES string of the molecule is C[C@@H]1CN(S(=O)(=O)c2ccc(Oc3ccc(S(=O)(=O)N4C[C@@H](C)O[C@@H](C)C4)cc3S(=O)(=O)N3C[C@H](C)O[C@@H](C)C3)cc2)C[C@@H](C)O1. The van der Waals surface area contributed by atoms with Crippen LogP contribution < -0.4 is 4.74 Å². The first-order chi connectivity index (χ1) is 21.5. The van der Waals surface area contributed by atoms with E-state index < -0.39 is 30.1 Å². The number of rotatable bonds is 8. The van der Waals surface area contributed by atoms with Crippen LogP contribution >= 0.6 is 0 Å². The lowest BCUT2D eigenvalue weighted by molar-refractivity contribution is -0.0442. The summed E-state index contributed by atoms with van der Waals surface area (Å²) in [7, 11) is -12.2. The van der Waals surface area contributed by atoms with Crippen LogP contribution in [-0.2, 0) is 44.3 Å². The molecular formula is C30H43N3O10S3. The molecule has 0 aromatic heterocycles. The molecule has 0 N–H and O–H groups in total. The normalized spacial score (nSPS) is 29.4. The van der Waals surface area contributed by atoms with Gasteiger partial charge in [-0.3, -0.25) is 0 Å². The highest BCUT2D eigenvalue weighted by Gasteiger charge is 2.38. The molecule has 3 aliphatic rings. The molecule has 16 heteroatoms. The Bertz CT molecular complexity index is 1710. The van der Waals surface area contributed by atoms with Gasteiger partial charge in [0.1, 0.15) is 16.4 Å². The van der Waals surface area contributed by atoms with Crippen LogP contribution in [0, 0.1) is 0 Å². The van der Waals surface area contributed by atoms with Crippen molar-refractivity contribution in [3.8, 4) is 11.5 Å². The zero-order valence-electron chi connectivity index (χ0n) is 26.9. The van der Waals surface area contributed by atoms with Crippen molar-refractivity contribution in [1.82, 2.24) is 12.9 Å². The van der Waals surface area contributed by atoms with Crippen LogP contribution in [0.25, 0.3) is 0 Å². The highest BCUT2D eigenvalue weighted by molar-refractivity contribution is 7.90. The molecule has 5 rings (SSSR count). The Hall–Kier alpha value is -2.15. The van der Waals surface area contributed by atoms with Gasteiger partial charge in [-0.1, -0.05) is 0 Å². The van der Waals surface area contributed by atoms with Crippen LogP contribution in [0.3, 0.4) is 0 Å². The van der Waals surface area contributed by atoms with Crippen molar-refractivity contribution in [2.45, 2.75) is 92.9 Å². The van der Waals surface area contributed by atoms with Crippen molar-refractivity contribution in [2.75, 3.05) is 39.3 Å². The predicted octanol–water partition coefficient (Wildman–Crippen LogP) is 2.87. The minimum Gasteiger partial charge on any atom is -0.456 e. The summed E-state index contributed by atoms with van der Waals surface area (Å²) in [6, 6.07) is 9.45. The lowest BCUT2D eigenvalue weighted by Crippen LogP contribution is -2.48. The average molecular weight is 702 g/mol. The predicted molar refractivity (Wildman–Crippen MR) is 169 cm³/mol. The number of sulfonamides is 3. The van der Waals surface area contributed by atoms with Gasteiger partial charge in [0.2, 0.25) is 30.1 Å². The smallest absolute Gasteiger partial charge is 0.247 e. The van der Waals surface area contributed by atoms with Crippen LogP contribution in [0.1, 0.15) is 41.5 Å². The molecule has 0 bridgehead atoms. The average Bonchev–Trinajstić information content (AvgIpc) is 2.96. The Labute approximate surface area is 272 Å². The molecule has 6 atom stereocenters. The van der Waals surface area contributed by atoms with Gasteiger partial charge < -0.3 is 18.9 Å². The zero-order valence-corrected chi connectivity index (χ0v) is 29.3. The first kappa shape index (κ1) is 35.2. The molecular weight excluding hydrogens is 659 g/mol. The number of ether oxygens (including phenoxy) is 4. The van der Waals surface area contributed by atoms with E-state index in [1.54, 1.807) is 27.7 Å². The summed E-state index contributed by atoms with van der Waals surface area (Å²) in [4.78, 5) is -0.456. The van der Waals surface area contributed by atoms with Gasteiger partial charge in [-0.2, -0.15) is 12.9 Å². The monoisotopic (exact) mass is 701 g/mol. The van der Waals surface area contributed by atoms with Crippen molar-refractivity contribution in [2.24, 2.45) is 0 Å². The summed E-state index contributed by atoms with van der Waals surface area (Å²) in [5.41, 5.74) is 0. The minimum absolute atomic E-state index is 0.0562. The molecule has 3 saturated heterocycles. The Morgan fingerprint density at radius 1 is 0.522 bits per heavy atom. The molecule has 3 fully saturated rings. The molecule has 0 aliphatic carbocycles. The topological polar surface area (TPSA) is 149 Å². The number of hydrogen-bond acceptors (Lipinski definition) is 10.